The zero-order valence-electron chi connectivity index (χ0n) is 18.3. The summed E-state index contributed by atoms with van der Waals surface area (Å²) in [5.74, 6) is 1.66. The zero-order chi connectivity index (χ0) is 22.7. The molecule has 5 aromatic rings. The number of hydrogen-bond acceptors (Lipinski definition) is 5. The van der Waals surface area contributed by atoms with E-state index in [0.717, 1.165) is 43.6 Å². The van der Waals surface area contributed by atoms with E-state index < -0.39 is 0 Å². The summed E-state index contributed by atoms with van der Waals surface area (Å²) in [5, 5.41) is 5.38. The van der Waals surface area contributed by atoms with Crippen LogP contribution in [-0.4, -0.2) is 11.2 Å². The van der Waals surface area contributed by atoms with Crippen LogP contribution in [0.3, 0.4) is 0 Å². The number of ether oxygens (including phenoxy) is 1. The number of hydrazone groups is 1. The van der Waals surface area contributed by atoms with Crippen LogP contribution in [0.1, 0.15) is 22.6 Å². The Hall–Kier alpha value is -4.22. The first-order chi connectivity index (χ1) is 16.9. The minimum absolute atomic E-state index is 0.0118. The number of thiazole rings is 1. The van der Waals surface area contributed by atoms with Crippen molar-refractivity contribution in [3.63, 3.8) is 0 Å². The highest BCUT2D eigenvalue weighted by Crippen LogP contribution is 2.45. The van der Waals surface area contributed by atoms with Crippen LogP contribution in [0, 0.1) is 0 Å². The highest BCUT2D eigenvalue weighted by molar-refractivity contribution is 7.22. The number of nitrogens with one attached hydrogen (secondary N) is 1. The standard InChI is InChI=1S/C29H21N3OS/c1-3-11-20(12-4-1)27-22-15-7-9-17-25(22)33-28(21-13-5-2-6-14-21)23(27)19-30-32-29-31-24-16-8-10-18-26(24)34-29/h1-19,27H,(H,31,32)/b30-19-/t27-/m1/s1. The normalized spacial score (nSPS) is 15.4. The van der Waals surface area contributed by atoms with E-state index in [2.05, 4.69) is 70.1 Å². The van der Waals surface area contributed by atoms with Crippen molar-refractivity contribution >= 4 is 38.7 Å². The van der Waals surface area contributed by atoms with Gasteiger partial charge in [0.15, 0.2) is 0 Å². The smallest absolute Gasteiger partial charge is 0.204 e. The molecule has 2 heterocycles. The second kappa shape index (κ2) is 8.96. The number of nitrogens with zero attached hydrogens (tertiary/aromatic N) is 2. The molecule has 0 aliphatic carbocycles. The first-order valence-corrected chi connectivity index (χ1v) is 11.9. The molecule has 34 heavy (non-hydrogen) atoms. The van der Waals surface area contributed by atoms with Crippen LogP contribution < -0.4 is 10.2 Å². The fraction of sp³-hybridized carbons (Fsp3) is 0.0345. The van der Waals surface area contributed by atoms with Gasteiger partial charge in [0.1, 0.15) is 11.5 Å². The molecule has 0 amide bonds. The first kappa shape index (κ1) is 20.4. The van der Waals surface area contributed by atoms with Crippen molar-refractivity contribution in [1.82, 2.24) is 4.98 Å². The topological polar surface area (TPSA) is 46.5 Å². The minimum Gasteiger partial charge on any atom is -0.456 e. The Morgan fingerprint density at radius 1 is 0.794 bits per heavy atom. The van der Waals surface area contributed by atoms with Gasteiger partial charge in [0.05, 0.1) is 16.4 Å². The lowest BCUT2D eigenvalue weighted by Gasteiger charge is -2.29. The predicted octanol–water partition coefficient (Wildman–Crippen LogP) is 7.33. The summed E-state index contributed by atoms with van der Waals surface area (Å²) >= 11 is 1.58. The van der Waals surface area contributed by atoms with E-state index in [9.17, 15) is 0 Å². The molecule has 0 unspecified atom stereocenters. The van der Waals surface area contributed by atoms with Gasteiger partial charge in [0.25, 0.3) is 0 Å². The molecule has 5 heteroatoms. The van der Waals surface area contributed by atoms with Crippen LogP contribution in [0.25, 0.3) is 16.0 Å². The van der Waals surface area contributed by atoms with Gasteiger partial charge in [-0.15, -0.1) is 0 Å². The largest absolute Gasteiger partial charge is 0.456 e. The lowest BCUT2D eigenvalue weighted by atomic mass is 9.82. The summed E-state index contributed by atoms with van der Waals surface area (Å²) in [7, 11) is 0. The summed E-state index contributed by atoms with van der Waals surface area (Å²) in [6.07, 6.45) is 1.88. The lowest BCUT2D eigenvalue weighted by Crippen LogP contribution is -2.17. The minimum atomic E-state index is -0.0118. The quantitative estimate of drug-likeness (QED) is 0.221. The van der Waals surface area contributed by atoms with Crippen LogP contribution in [0.15, 0.2) is 120 Å². The summed E-state index contributed by atoms with van der Waals surface area (Å²) in [5.41, 5.74) is 8.41. The van der Waals surface area contributed by atoms with Crippen LogP contribution in [0.5, 0.6) is 5.75 Å². The third kappa shape index (κ3) is 3.87. The summed E-state index contributed by atoms with van der Waals surface area (Å²) in [4.78, 5) is 4.63. The molecule has 1 aliphatic heterocycles. The molecule has 0 radical (unpaired) electrons. The van der Waals surface area contributed by atoms with Crippen LogP contribution in [0.4, 0.5) is 5.13 Å². The van der Waals surface area contributed by atoms with Crippen molar-refractivity contribution in [3.05, 3.63) is 131 Å². The van der Waals surface area contributed by atoms with Crippen molar-refractivity contribution in [2.75, 3.05) is 5.43 Å². The van der Waals surface area contributed by atoms with E-state index in [1.807, 2.05) is 60.8 Å². The van der Waals surface area contributed by atoms with Gasteiger partial charge in [0.2, 0.25) is 5.13 Å². The second-order valence-corrected chi connectivity index (χ2v) is 9.02. The Bertz CT molecular complexity index is 1470. The Labute approximate surface area is 201 Å². The van der Waals surface area contributed by atoms with Crippen molar-refractivity contribution in [1.29, 1.82) is 0 Å². The van der Waals surface area contributed by atoms with E-state index in [-0.39, 0.29) is 5.92 Å². The van der Waals surface area contributed by atoms with Crippen molar-refractivity contribution in [2.45, 2.75) is 5.92 Å². The Balaban J connectivity index is 1.46. The van der Waals surface area contributed by atoms with Gasteiger partial charge in [-0.1, -0.05) is 102 Å². The average molecular weight is 460 g/mol. The summed E-state index contributed by atoms with van der Waals surface area (Å²) < 4.78 is 7.61. The van der Waals surface area contributed by atoms with Gasteiger partial charge >= 0.3 is 0 Å². The Kier molecular flexibility index (Phi) is 5.38. The second-order valence-electron chi connectivity index (χ2n) is 7.99. The molecule has 0 spiro atoms. The molecular formula is C29H21N3OS. The molecule has 1 atom stereocenters. The highest BCUT2D eigenvalue weighted by Gasteiger charge is 2.30. The van der Waals surface area contributed by atoms with Crippen LogP contribution in [0.2, 0.25) is 0 Å². The van der Waals surface area contributed by atoms with Gasteiger partial charge in [-0.3, -0.25) is 5.43 Å². The third-order valence-corrected chi connectivity index (χ3v) is 6.78. The monoisotopic (exact) mass is 459 g/mol. The lowest BCUT2D eigenvalue weighted by molar-refractivity contribution is 0.489. The maximum absolute atomic E-state index is 6.48. The highest BCUT2D eigenvalue weighted by atomic mass is 32.1. The number of hydrogen-bond donors (Lipinski definition) is 1. The Morgan fingerprint density at radius 3 is 2.32 bits per heavy atom. The van der Waals surface area contributed by atoms with Gasteiger partial charge in [-0.2, -0.15) is 5.10 Å². The van der Waals surface area contributed by atoms with Gasteiger partial charge in [-0.05, 0) is 23.8 Å². The van der Waals surface area contributed by atoms with Gasteiger partial charge in [-0.25, -0.2) is 4.98 Å². The number of fused-ring (bicyclic) bond motifs is 2. The summed E-state index contributed by atoms with van der Waals surface area (Å²) in [6.45, 7) is 0. The summed E-state index contributed by atoms with van der Waals surface area (Å²) in [6, 6.07) is 37.0. The first-order valence-electron chi connectivity index (χ1n) is 11.1. The number of allylic oxidation sites excluding steroid dienone is 1. The number of para-hydroxylation sites is 2. The molecule has 0 saturated carbocycles. The molecule has 1 N–H and O–H groups in total. The van der Waals surface area contributed by atoms with Crippen LogP contribution in [-0.2, 0) is 0 Å². The molecule has 4 aromatic carbocycles. The molecule has 0 fully saturated rings. The number of benzene rings is 4. The molecule has 6 rings (SSSR count). The fourth-order valence-electron chi connectivity index (χ4n) is 4.31. The van der Waals surface area contributed by atoms with Gasteiger partial charge < -0.3 is 4.74 Å². The van der Waals surface area contributed by atoms with Gasteiger partial charge in [0, 0.05) is 22.6 Å². The van der Waals surface area contributed by atoms with Crippen molar-refractivity contribution < 1.29 is 4.74 Å². The van der Waals surface area contributed by atoms with E-state index in [1.54, 1.807) is 11.3 Å². The fourth-order valence-corrected chi connectivity index (χ4v) is 5.12. The van der Waals surface area contributed by atoms with E-state index in [1.165, 1.54) is 5.56 Å². The predicted molar refractivity (Wildman–Crippen MR) is 140 cm³/mol. The van der Waals surface area contributed by atoms with E-state index in [0.29, 0.717) is 0 Å². The van der Waals surface area contributed by atoms with E-state index >= 15 is 0 Å². The molecule has 164 valence electrons. The zero-order valence-corrected chi connectivity index (χ0v) is 19.1. The SMILES string of the molecule is C(=N/Nc1nc2ccccc2s1)/C1=C(c2ccccc2)Oc2ccccc2[C@H]1c1ccccc1. The van der Waals surface area contributed by atoms with E-state index in [4.69, 9.17) is 4.74 Å². The molecule has 0 saturated heterocycles. The molecule has 1 aliphatic rings. The van der Waals surface area contributed by atoms with Crippen molar-refractivity contribution in [2.24, 2.45) is 5.10 Å². The molecule has 1 aromatic heterocycles. The number of anilines is 1. The molecule has 4 nitrogen and oxygen atoms in total. The Morgan fingerprint density at radius 2 is 1.50 bits per heavy atom. The van der Waals surface area contributed by atoms with Crippen molar-refractivity contribution in [3.8, 4) is 5.75 Å². The molecule has 0 bridgehead atoms. The maximum atomic E-state index is 6.48. The van der Waals surface area contributed by atoms with Crippen LogP contribution >= 0.6 is 11.3 Å². The average Bonchev–Trinajstić information content (AvgIpc) is 3.32. The number of aromatic nitrogens is 1. The maximum Gasteiger partial charge on any atom is 0.204 e. The number of rotatable bonds is 5. The molecular weight excluding hydrogens is 438 g/mol. The third-order valence-electron chi connectivity index (χ3n) is 5.84.